The molecular formula is C33H41N3O3. The lowest BCUT2D eigenvalue weighted by Gasteiger charge is -2.12. The van der Waals surface area contributed by atoms with Gasteiger partial charge in [-0.05, 0) is 79.6 Å². The van der Waals surface area contributed by atoms with Crippen molar-refractivity contribution < 1.29 is 14.3 Å². The zero-order valence-corrected chi connectivity index (χ0v) is 23.5. The van der Waals surface area contributed by atoms with E-state index >= 15 is 0 Å². The number of aryl methyl sites for hydroxylation is 2. The molecule has 4 rings (SSSR count). The Morgan fingerprint density at radius 1 is 0.949 bits per heavy atom. The van der Waals surface area contributed by atoms with Gasteiger partial charge in [0.2, 0.25) is 0 Å². The Bertz CT molecular complexity index is 1330. The van der Waals surface area contributed by atoms with Crippen LogP contribution in [0, 0.1) is 0 Å². The summed E-state index contributed by atoms with van der Waals surface area (Å²) in [6.07, 6.45) is 5.95. The van der Waals surface area contributed by atoms with Gasteiger partial charge in [0, 0.05) is 25.1 Å². The van der Waals surface area contributed by atoms with E-state index in [-0.39, 0.29) is 5.91 Å². The zero-order valence-electron chi connectivity index (χ0n) is 23.5. The van der Waals surface area contributed by atoms with Crippen LogP contribution in [0.15, 0.2) is 72.8 Å². The largest absolute Gasteiger partial charge is 0.497 e. The van der Waals surface area contributed by atoms with Crippen molar-refractivity contribution in [1.29, 1.82) is 0 Å². The number of unbranched alkanes of at least 4 members (excludes halogenated alkanes) is 2. The predicted octanol–water partition coefficient (Wildman–Crippen LogP) is 7.17. The number of nitrogens with one attached hydrogen (secondary N) is 1. The van der Waals surface area contributed by atoms with Gasteiger partial charge in [-0.15, -0.1) is 0 Å². The van der Waals surface area contributed by atoms with Crippen LogP contribution in [0.1, 0.15) is 73.6 Å². The van der Waals surface area contributed by atoms with Crippen LogP contribution in [-0.2, 0) is 13.0 Å². The lowest BCUT2D eigenvalue weighted by molar-refractivity contribution is 0.0952. The fourth-order valence-corrected chi connectivity index (χ4v) is 4.76. The van der Waals surface area contributed by atoms with Crippen LogP contribution in [0.5, 0.6) is 11.5 Å². The van der Waals surface area contributed by atoms with Gasteiger partial charge in [0.15, 0.2) is 0 Å². The predicted molar refractivity (Wildman–Crippen MR) is 158 cm³/mol. The second-order valence-corrected chi connectivity index (χ2v) is 10.0. The third kappa shape index (κ3) is 7.85. The molecule has 6 nitrogen and oxygen atoms in total. The number of fused-ring (bicyclic) bond motifs is 1. The maximum atomic E-state index is 12.4. The number of amides is 1. The normalized spacial score (nSPS) is 11.9. The van der Waals surface area contributed by atoms with E-state index in [0.29, 0.717) is 30.4 Å². The Morgan fingerprint density at radius 2 is 1.77 bits per heavy atom. The summed E-state index contributed by atoms with van der Waals surface area (Å²) in [5.74, 6) is 3.24. The number of imidazole rings is 1. The summed E-state index contributed by atoms with van der Waals surface area (Å²) >= 11 is 0. The van der Waals surface area contributed by atoms with Crippen LogP contribution in [-0.4, -0.2) is 35.7 Å². The first-order valence-corrected chi connectivity index (χ1v) is 14.2. The molecule has 0 saturated carbocycles. The van der Waals surface area contributed by atoms with Gasteiger partial charge in [0.1, 0.15) is 17.3 Å². The van der Waals surface area contributed by atoms with Gasteiger partial charge in [-0.1, -0.05) is 50.6 Å². The molecule has 1 aromatic heterocycles. The van der Waals surface area contributed by atoms with Gasteiger partial charge in [-0.25, -0.2) is 4.98 Å². The number of benzene rings is 3. The molecule has 39 heavy (non-hydrogen) atoms. The molecule has 0 bridgehead atoms. The van der Waals surface area contributed by atoms with Crippen LogP contribution in [0.3, 0.4) is 0 Å². The Hall–Kier alpha value is -3.80. The maximum absolute atomic E-state index is 12.4. The molecule has 0 aliphatic heterocycles. The highest BCUT2D eigenvalue weighted by Gasteiger charge is 2.11. The summed E-state index contributed by atoms with van der Waals surface area (Å²) in [5.41, 5.74) is 4.20. The smallest absolute Gasteiger partial charge is 0.251 e. The number of aromatic nitrogens is 2. The lowest BCUT2D eigenvalue weighted by Crippen LogP contribution is -2.24. The summed E-state index contributed by atoms with van der Waals surface area (Å²) in [4.78, 5) is 17.3. The van der Waals surface area contributed by atoms with Crippen LogP contribution >= 0.6 is 0 Å². The molecular weight excluding hydrogens is 486 g/mol. The van der Waals surface area contributed by atoms with Gasteiger partial charge in [-0.2, -0.15) is 0 Å². The summed E-state index contributed by atoms with van der Waals surface area (Å²) in [7, 11) is 1.60. The average Bonchev–Trinajstić information content (AvgIpc) is 3.34. The second-order valence-electron chi connectivity index (χ2n) is 10.0. The monoisotopic (exact) mass is 527 g/mol. The Morgan fingerprint density at radius 3 is 2.56 bits per heavy atom. The highest BCUT2D eigenvalue weighted by Crippen LogP contribution is 2.22. The first-order chi connectivity index (χ1) is 19.1. The van der Waals surface area contributed by atoms with Crippen molar-refractivity contribution in [3.63, 3.8) is 0 Å². The van der Waals surface area contributed by atoms with E-state index < -0.39 is 0 Å². The van der Waals surface area contributed by atoms with E-state index in [2.05, 4.69) is 66.2 Å². The van der Waals surface area contributed by atoms with Crippen molar-refractivity contribution in [2.24, 2.45) is 0 Å². The number of methoxy groups -OCH3 is 1. The molecule has 1 atom stereocenters. The molecule has 6 heteroatoms. The van der Waals surface area contributed by atoms with Gasteiger partial charge < -0.3 is 19.4 Å². The van der Waals surface area contributed by atoms with E-state index in [1.165, 1.54) is 11.1 Å². The highest BCUT2D eigenvalue weighted by molar-refractivity contribution is 5.94. The zero-order chi connectivity index (χ0) is 27.5. The third-order valence-corrected chi connectivity index (χ3v) is 7.28. The second kappa shape index (κ2) is 14.4. The molecule has 1 unspecified atom stereocenters. The fraction of sp³-hybridized carbons (Fsp3) is 0.394. The van der Waals surface area contributed by atoms with E-state index in [0.717, 1.165) is 62.2 Å². The average molecular weight is 528 g/mol. The summed E-state index contributed by atoms with van der Waals surface area (Å²) < 4.78 is 13.6. The molecule has 0 fully saturated rings. The number of carbonyl (C=O) groups excluding carboxylic acids is 1. The van der Waals surface area contributed by atoms with Crippen molar-refractivity contribution in [1.82, 2.24) is 14.9 Å². The van der Waals surface area contributed by atoms with Crippen LogP contribution in [0.25, 0.3) is 11.0 Å². The number of carbonyl (C=O) groups is 1. The van der Waals surface area contributed by atoms with Crippen LogP contribution in [0.4, 0.5) is 0 Å². The van der Waals surface area contributed by atoms with E-state index in [4.69, 9.17) is 14.5 Å². The quantitative estimate of drug-likeness (QED) is 0.166. The van der Waals surface area contributed by atoms with Crippen LogP contribution < -0.4 is 14.8 Å². The summed E-state index contributed by atoms with van der Waals surface area (Å²) in [6.45, 7) is 6.67. The maximum Gasteiger partial charge on any atom is 0.251 e. The van der Waals surface area contributed by atoms with Crippen molar-refractivity contribution in [2.75, 3.05) is 20.3 Å². The SMILES string of the molecule is CCC(C)c1ccc(OCCCn2c(CCCCCNC(=O)c3cccc(OC)c3)nc3ccccc32)cc1. The number of hydrogen-bond donors (Lipinski definition) is 1. The van der Waals surface area contributed by atoms with Crippen molar-refractivity contribution in [2.45, 2.75) is 64.8 Å². The van der Waals surface area contributed by atoms with E-state index in [9.17, 15) is 4.79 Å². The lowest BCUT2D eigenvalue weighted by atomic mass is 9.99. The number of hydrogen-bond acceptors (Lipinski definition) is 4. The number of ether oxygens (including phenoxy) is 2. The molecule has 1 heterocycles. The fourth-order valence-electron chi connectivity index (χ4n) is 4.76. The number of para-hydroxylation sites is 2. The molecule has 1 amide bonds. The van der Waals surface area contributed by atoms with Crippen molar-refractivity contribution in [3.8, 4) is 11.5 Å². The van der Waals surface area contributed by atoms with E-state index in [1.54, 1.807) is 19.2 Å². The van der Waals surface area contributed by atoms with Gasteiger partial charge in [-0.3, -0.25) is 4.79 Å². The van der Waals surface area contributed by atoms with Gasteiger partial charge in [0.25, 0.3) is 5.91 Å². The van der Waals surface area contributed by atoms with Crippen LogP contribution in [0.2, 0.25) is 0 Å². The minimum Gasteiger partial charge on any atom is -0.497 e. The molecule has 0 saturated heterocycles. The van der Waals surface area contributed by atoms with Gasteiger partial charge >= 0.3 is 0 Å². The highest BCUT2D eigenvalue weighted by atomic mass is 16.5. The van der Waals surface area contributed by atoms with Crippen molar-refractivity contribution >= 4 is 16.9 Å². The molecule has 0 radical (unpaired) electrons. The van der Waals surface area contributed by atoms with Crippen molar-refractivity contribution in [3.05, 3.63) is 89.7 Å². The first kappa shape index (κ1) is 28.2. The molecule has 4 aromatic rings. The standard InChI is InChI=1S/C33H41N3O3/c1-4-25(2)26-17-19-28(20-18-26)39-23-11-22-36-31-15-8-7-14-30(31)35-32(36)16-6-5-9-21-34-33(37)27-12-10-13-29(24-27)38-3/h7-8,10,12-15,17-20,24-25H,4-6,9,11,16,21-23H2,1-3H3,(H,34,37). The third-order valence-electron chi connectivity index (χ3n) is 7.28. The topological polar surface area (TPSA) is 65.4 Å². The molecule has 0 spiro atoms. The summed E-state index contributed by atoms with van der Waals surface area (Å²) in [6, 6.07) is 24.1. The molecule has 3 aromatic carbocycles. The molecule has 206 valence electrons. The molecule has 0 aliphatic rings. The van der Waals surface area contributed by atoms with E-state index in [1.807, 2.05) is 18.2 Å². The Kier molecular flexibility index (Phi) is 10.4. The summed E-state index contributed by atoms with van der Waals surface area (Å²) in [5, 5.41) is 3.01. The molecule has 1 N–H and O–H groups in total. The number of nitrogens with zero attached hydrogens (tertiary/aromatic N) is 2. The number of rotatable bonds is 15. The Balaban J connectivity index is 1.23. The first-order valence-electron chi connectivity index (χ1n) is 14.2. The Labute approximate surface area is 232 Å². The minimum atomic E-state index is -0.0654. The molecule has 0 aliphatic carbocycles. The van der Waals surface area contributed by atoms with Gasteiger partial charge in [0.05, 0.1) is 24.8 Å². The minimum absolute atomic E-state index is 0.0654.